The number of carbonyl (C=O) groups excluding carboxylic acids is 1. The molecule has 2 aromatic rings. The van der Waals surface area contributed by atoms with Crippen molar-refractivity contribution in [1.82, 2.24) is 10.3 Å². The number of nitrogens with zero attached hydrogens (tertiary/aromatic N) is 2. The molecule has 1 N–H and O–H groups in total. The summed E-state index contributed by atoms with van der Waals surface area (Å²) in [6.07, 6.45) is 1.72. The Balaban J connectivity index is 1.99. The third-order valence-electron chi connectivity index (χ3n) is 2.52. The Hall–Kier alpha value is -1.82. The molecule has 0 bridgehead atoms. The first-order valence-corrected chi connectivity index (χ1v) is 6.51. The van der Waals surface area contributed by atoms with Crippen molar-refractivity contribution >= 4 is 27.7 Å². The zero-order valence-corrected chi connectivity index (χ0v) is 12.3. The third kappa shape index (κ3) is 3.57. The van der Waals surface area contributed by atoms with Gasteiger partial charge in [-0.05, 0) is 45.8 Å². The predicted octanol–water partition coefficient (Wildman–Crippen LogP) is 2.43. The number of pyridine rings is 1. The highest BCUT2D eigenvalue weighted by Crippen LogP contribution is 2.14. The topological polar surface area (TPSA) is 58.4 Å². The van der Waals surface area contributed by atoms with E-state index in [0.29, 0.717) is 11.2 Å². The third-order valence-corrected chi connectivity index (χ3v) is 2.94. The van der Waals surface area contributed by atoms with Crippen molar-refractivity contribution in [3.8, 4) is 0 Å². The van der Waals surface area contributed by atoms with Gasteiger partial charge in [0.1, 0.15) is 5.82 Å². The molecule has 0 aromatic carbocycles. The van der Waals surface area contributed by atoms with E-state index in [1.807, 2.05) is 31.1 Å². The summed E-state index contributed by atoms with van der Waals surface area (Å²) < 4.78 is 5.72. The predicted molar refractivity (Wildman–Crippen MR) is 76.1 cm³/mol. The van der Waals surface area contributed by atoms with Gasteiger partial charge in [0.15, 0.2) is 10.4 Å². The van der Waals surface area contributed by atoms with Crippen molar-refractivity contribution < 1.29 is 9.21 Å². The van der Waals surface area contributed by atoms with Crippen LogP contribution in [0, 0.1) is 0 Å². The first kappa shape index (κ1) is 13.6. The minimum absolute atomic E-state index is 0.242. The number of carbonyl (C=O) groups is 1. The van der Waals surface area contributed by atoms with E-state index in [1.54, 1.807) is 18.3 Å². The lowest BCUT2D eigenvalue weighted by Crippen LogP contribution is -2.22. The highest BCUT2D eigenvalue weighted by Gasteiger charge is 2.10. The van der Waals surface area contributed by atoms with E-state index in [2.05, 4.69) is 26.2 Å². The summed E-state index contributed by atoms with van der Waals surface area (Å²) in [4.78, 5) is 17.9. The molecule has 5 nitrogen and oxygen atoms in total. The summed E-state index contributed by atoms with van der Waals surface area (Å²) in [7, 11) is 3.84. The second kappa shape index (κ2) is 5.88. The molecule has 0 fully saturated rings. The van der Waals surface area contributed by atoms with E-state index in [-0.39, 0.29) is 11.7 Å². The van der Waals surface area contributed by atoms with Gasteiger partial charge in [0.05, 0.1) is 0 Å². The van der Waals surface area contributed by atoms with Gasteiger partial charge in [-0.15, -0.1) is 0 Å². The molecular formula is C13H14BrN3O2. The number of anilines is 1. The van der Waals surface area contributed by atoms with Gasteiger partial charge in [-0.1, -0.05) is 0 Å². The Morgan fingerprint density at radius 1 is 1.42 bits per heavy atom. The molecule has 2 aromatic heterocycles. The lowest BCUT2D eigenvalue weighted by Gasteiger charge is -2.12. The quantitative estimate of drug-likeness (QED) is 0.938. The van der Waals surface area contributed by atoms with Crippen molar-refractivity contribution in [2.45, 2.75) is 6.54 Å². The van der Waals surface area contributed by atoms with Crippen LogP contribution >= 0.6 is 15.9 Å². The molecule has 0 unspecified atom stereocenters. The Morgan fingerprint density at radius 2 is 2.21 bits per heavy atom. The fraction of sp³-hybridized carbons (Fsp3) is 0.231. The van der Waals surface area contributed by atoms with Gasteiger partial charge in [0.25, 0.3) is 5.91 Å². The highest BCUT2D eigenvalue weighted by atomic mass is 79.9. The molecule has 100 valence electrons. The normalized spacial score (nSPS) is 10.3. The van der Waals surface area contributed by atoms with Crippen molar-refractivity contribution in [2.24, 2.45) is 0 Å². The first-order chi connectivity index (χ1) is 9.06. The number of furan rings is 1. The molecule has 6 heteroatoms. The van der Waals surface area contributed by atoms with E-state index in [9.17, 15) is 4.79 Å². The number of rotatable bonds is 4. The molecule has 2 heterocycles. The SMILES string of the molecule is CN(C)c1cc(CNC(=O)c2ccc(Br)o2)ccn1. The van der Waals surface area contributed by atoms with Crippen LogP contribution in [0.1, 0.15) is 16.1 Å². The van der Waals surface area contributed by atoms with E-state index in [4.69, 9.17) is 4.42 Å². The second-order valence-corrected chi connectivity index (χ2v) is 4.98. The Kier molecular flexibility index (Phi) is 4.21. The second-order valence-electron chi connectivity index (χ2n) is 4.20. The van der Waals surface area contributed by atoms with Crippen LogP contribution in [0.25, 0.3) is 0 Å². The van der Waals surface area contributed by atoms with Crippen molar-refractivity contribution in [3.63, 3.8) is 0 Å². The summed E-state index contributed by atoms with van der Waals surface area (Å²) in [5.74, 6) is 0.898. The van der Waals surface area contributed by atoms with E-state index >= 15 is 0 Å². The summed E-state index contributed by atoms with van der Waals surface area (Å²) in [5.41, 5.74) is 0.984. The molecule has 2 rings (SSSR count). The van der Waals surface area contributed by atoms with Gasteiger partial charge in [0, 0.05) is 26.8 Å². The molecule has 0 aliphatic heterocycles. The molecule has 0 aliphatic rings. The fourth-order valence-electron chi connectivity index (χ4n) is 1.52. The van der Waals surface area contributed by atoms with E-state index < -0.39 is 0 Å². The van der Waals surface area contributed by atoms with Gasteiger partial charge in [0.2, 0.25) is 0 Å². The Morgan fingerprint density at radius 3 is 2.84 bits per heavy atom. The number of hydrogen-bond donors (Lipinski definition) is 1. The minimum atomic E-state index is -0.242. The van der Waals surface area contributed by atoms with Gasteiger partial charge >= 0.3 is 0 Å². The minimum Gasteiger partial charge on any atom is -0.444 e. The van der Waals surface area contributed by atoms with Crippen LogP contribution < -0.4 is 10.2 Å². The molecule has 19 heavy (non-hydrogen) atoms. The molecule has 0 spiro atoms. The van der Waals surface area contributed by atoms with E-state index in [1.165, 1.54) is 0 Å². The van der Waals surface area contributed by atoms with E-state index in [0.717, 1.165) is 11.4 Å². The van der Waals surface area contributed by atoms with Gasteiger partial charge < -0.3 is 14.6 Å². The lowest BCUT2D eigenvalue weighted by molar-refractivity contribution is 0.0922. The zero-order chi connectivity index (χ0) is 13.8. The standard InChI is InChI=1S/C13H14BrN3O2/c1-17(2)12-7-9(5-6-15-12)8-16-13(18)10-3-4-11(14)19-10/h3-7H,8H2,1-2H3,(H,16,18). The molecule has 1 amide bonds. The summed E-state index contributed by atoms with van der Waals surface area (Å²) in [5, 5.41) is 2.79. The average molecular weight is 324 g/mol. The van der Waals surface area contributed by atoms with Gasteiger partial charge in [-0.25, -0.2) is 4.98 Å². The monoisotopic (exact) mass is 323 g/mol. The van der Waals surface area contributed by atoms with Crippen molar-refractivity contribution in [3.05, 3.63) is 46.5 Å². The highest BCUT2D eigenvalue weighted by molar-refractivity contribution is 9.10. The maximum Gasteiger partial charge on any atom is 0.287 e. The van der Waals surface area contributed by atoms with Crippen LogP contribution in [0.3, 0.4) is 0 Å². The summed E-state index contributed by atoms with van der Waals surface area (Å²) >= 11 is 3.16. The van der Waals surface area contributed by atoms with Crippen LogP contribution in [0.2, 0.25) is 0 Å². The lowest BCUT2D eigenvalue weighted by atomic mass is 10.2. The number of nitrogens with one attached hydrogen (secondary N) is 1. The summed E-state index contributed by atoms with van der Waals surface area (Å²) in [6.45, 7) is 0.431. The van der Waals surface area contributed by atoms with Crippen LogP contribution in [-0.4, -0.2) is 25.0 Å². The number of aromatic nitrogens is 1. The Labute approximate surface area is 119 Å². The smallest absolute Gasteiger partial charge is 0.287 e. The molecule has 0 aliphatic carbocycles. The number of amides is 1. The summed E-state index contributed by atoms with van der Waals surface area (Å²) in [6, 6.07) is 7.10. The van der Waals surface area contributed by atoms with Crippen LogP contribution in [-0.2, 0) is 6.54 Å². The van der Waals surface area contributed by atoms with Crippen LogP contribution in [0.15, 0.2) is 39.5 Å². The van der Waals surface area contributed by atoms with Gasteiger partial charge in [-0.3, -0.25) is 4.79 Å². The number of halogens is 1. The Bertz CT molecular complexity index is 581. The van der Waals surface area contributed by atoms with Crippen LogP contribution in [0.5, 0.6) is 0 Å². The van der Waals surface area contributed by atoms with Crippen LogP contribution in [0.4, 0.5) is 5.82 Å². The first-order valence-electron chi connectivity index (χ1n) is 5.72. The van der Waals surface area contributed by atoms with Crippen molar-refractivity contribution in [1.29, 1.82) is 0 Å². The van der Waals surface area contributed by atoms with Gasteiger partial charge in [-0.2, -0.15) is 0 Å². The fourth-order valence-corrected chi connectivity index (χ4v) is 1.83. The average Bonchev–Trinajstić information content (AvgIpc) is 2.83. The largest absolute Gasteiger partial charge is 0.444 e. The molecule has 0 saturated heterocycles. The maximum absolute atomic E-state index is 11.8. The van der Waals surface area contributed by atoms with Crippen molar-refractivity contribution in [2.75, 3.05) is 19.0 Å². The maximum atomic E-state index is 11.8. The molecule has 0 atom stereocenters. The molecular weight excluding hydrogens is 310 g/mol. The number of hydrogen-bond acceptors (Lipinski definition) is 4. The molecule has 0 radical (unpaired) electrons. The zero-order valence-electron chi connectivity index (χ0n) is 10.7. The molecule has 0 saturated carbocycles.